The first kappa shape index (κ1) is 16.0. The molecule has 0 aromatic heterocycles. The molecular weight excluding hydrogens is 273 g/mol. The summed E-state index contributed by atoms with van der Waals surface area (Å²) < 4.78 is 44.4. The van der Waals surface area contributed by atoms with Gasteiger partial charge in [-0.3, -0.25) is 0 Å². The Labute approximate surface area is 112 Å². The second-order valence-electron chi connectivity index (χ2n) is 3.86. The maximum absolute atomic E-state index is 13.2. The van der Waals surface area contributed by atoms with Gasteiger partial charge in [-0.05, 0) is 31.5 Å². The van der Waals surface area contributed by atoms with Crippen LogP contribution in [0.1, 0.15) is 18.9 Å². The summed E-state index contributed by atoms with van der Waals surface area (Å²) in [6, 6.07) is 3.32. The lowest BCUT2D eigenvalue weighted by Gasteiger charge is -2.08. The highest BCUT2D eigenvalue weighted by atomic mass is 32.2. The van der Waals surface area contributed by atoms with Crippen molar-refractivity contribution in [1.82, 2.24) is 4.72 Å². The molecular formula is C12H18FNO4S. The summed E-state index contributed by atoms with van der Waals surface area (Å²) in [6.07, 6.45) is 0.557. The second kappa shape index (κ2) is 7.54. The number of nitrogens with one attached hydrogen (secondary N) is 1. The van der Waals surface area contributed by atoms with E-state index in [2.05, 4.69) is 4.72 Å². The predicted octanol–water partition coefficient (Wildman–Crippen LogP) is 1.02. The summed E-state index contributed by atoms with van der Waals surface area (Å²) >= 11 is 0. The van der Waals surface area contributed by atoms with Gasteiger partial charge >= 0.3 is 0 Å². The van der Waals surface area contributed by atoms with Crippen LogP contribution in [0.5, 0.6) is 0 Å². The number of hydrogen-bond acceptors (Lipinski definition) is 4. The van der Waals surface area contributed by atoms with Crippen molar-refractivity contribution < 1.29 is 22.7 Å². The monoisotopic (exact) mass is 291 g/mol. The molecule has 0 bridgehead atoms. The van der Waals surface area contributed by atoms with Crippen molar-refractivity contribution in [2.75, 3.05) is 19.8 Å². The summed E-state index contributed by atoms with van der Waals surface area (Å²) in [4.78, 5) is -0.0608. The topological polar surface area (TPSA) is 75.6 Å². The molecule has 19 heavy (non-hydrogen) atoms. The molecule has 0 aliphatic carbocycles. The molecule has 0 aliphatic heterocycles. The maximum Gasteiger partial charge on any atom is 0.240 e. The summed E-state index contributed by atoms with van der Waals surface area (Å²) in [6.45, 7) is 2.63. The molecule has 0 atom stereocenters. The van der Waals surface area contributed by atoms with E-state index in [1.54, 1.807) is 0 Å². The molecule has 2 N–H and O–H groups in total. The van der Waals surface area contributed by atoms with Gasteiger partial charge in [0, 0.05) is 25.3 Å². The van der Waals surface area contributed by atoms with E-state index in [9.17, 15) is 12.8 Å². The largest absolute Gasteiger partial charge is 0.392 e. The van der Waals surface area contributed by atoms with Crippen LogP contribution in [-0.4, -0.2) is 33.3 Å². The molecule has 0 radical (unpaired) electrons. The normalized spacial score (nSPS) is 11.7. The Kier molecular flexibility index (Phi) is 6.36. The molecule has 0 amide bonds. The summed E-state index contributed by atoms with van der Waals surface area (Å²) in [5.41, 5.74) is -0.0443. The van der Waals surface area contributed by atoms with E-state index in [0.29, 0.717) is 19.6 Å². The summed E-state index contributed by atoms with van der Waals surface area (Å²) in [7, 11) is -3.68. The second-order valence-corrected chi connectivity index (χ2v) is 5.63. The van der Waals surface area contributed by atoms with Crippen LogP contribution in [0.2, 0.25) is 0 Å². The van der Waals surface area contributed by atoms with E-state index in [1.165, 1.54) is 6.07 Å². The van der Waals surface area contributed by atoms with Gasteiger partial charge in [0.05, 0.1) is 11.5 Å². The lowest BCUT2D eigenvalue weighted by Crippen LogP contribution is -2.25. The van der Waals surface area contributed by atoms with Crippen molar-refractivity contribution in [3.05, 3.63) is 29.6 Å². The van der Waals surface area contributed by atoms with Crippen LogP contribution < -0.4 is 4.72 Å². The minimum Gasteiger partial charge on any atom is -0.392 e. The average molecular weight is 291 g/mol. The Balaban J connectivity index is 2.67. The number of aliphatic hydroxyl groups excluding tert-OH is 1. The highest BCUT2D eigenvalue weighted by Crippen LogP contribution is 2.15. The van der Waals surface area contributed by atoms with E-state index in [4.69, 9.17) is 9.84 Å². The van der Waals surface area contributed by atoms with Crippen molar-refractivity contribution in [1.29, 1.82) is 0 Å². The fourth-order valence-electron chi connectivity index (χ4n) is 1.45. The van der Waals surface area contributed by atoms with Gasteiger partial charge in [0.2, 0.25) is 10.0 Å². The van der Waals surface area contributed by atoms with Crippen LogP contribution in [0.25, 0.3) is 0 Å². The van der Waals surface area contributed by atoms with E-state index < -0.39 is 22.4 Å². The zero-order chi connectivity index (χ0) is 14.3. The Morgan fingerprint density at radius 1 is 1.42 bits per heavy atom. The smallest absolute Gasteiger partial charge is 0.240 e. The van der Waals surface area contributed by atoms with Crippen LogP contribution >= 0.6 is 0 Å². The third-order valence-electron chi connectivity index (χ3n) is 2.46. The molecule has 0 heterocycles. The SMILES string of the molecule is CCOCCCNS(=O)(=O)c1ccc(F)c(CO)c1. The van der Waals surface area contributed by atoms with E-state index in [-0.39, 0.29) is 17.0 Å². The quantitative estimate of drug-likeness (QED) is 0.701. The predicted molar refractivity (Wildman–Crippen MR) is 68.6 cm³/mol. The van der Waals surface area contributed by atoms with Crippen LogP contribution in [0, 0.1) is 5.82 Å². The Bertz CT molecular complexity index is 504. The zero-order valence-electron chi connectivity index (χ0n) is 10.7. The van der Waals surface area contributed by atoms with Crippen molar-refractivity contribution in [2.45, 2.75) is 24.8 Å². The number of halogens is 1. The molecule has 1 aromatic rings. The molecule has 0 saturated carbocycles. The van der Waals surface area contributed by atoms with Gasteiger partial charge in [-0.15, -0.1) is 0 Å². The van der Waals surface area contributed by atoms with Crippen LogP contribution in [0.15, 0.2) is 23.1 Å². The van der Waals surface area contributed by atoms with Crippen molar-refractivity contribution in [2.24, 2.45) is 0 Å². The molecule has 0 unspecified atom stereocenters. The first-order valence-corrected chi connectivity index (χ1v) is 7.46. The molecule has 0 fully saturated rings. The van der Waals surface area contributed by atoms with Gasteiger partial charge in [0.1, 0.15) is 5.82 Å². The summed E-state index contributed by atoms with van der Waals surface area (Å²) in [5.74, 6) is -0.627. The maximum atomic E-state index is 13.2. The van der Waals surface area contributed by atoms with Gasteiger partial charge in [-0.1, -0.05) is 0 Å². The summed E-state index contributed by atoms with van der Waals surface area (Å²) in [5, 5.41) is 8.91. The van der Waals surface area contributed by atoms with Gasteiger partial charge in [-0.2, -0.15) is 0 Å². The molecule has 1 rings (SSSR count). The lowest BCUT2D eigenvalue weighted by molar-refractivity contribution is 0.146. The van der Waals surface area contributed by atoms with Crippen molar-refractivity contribution >= 4 is 10.0 Å². The van der Waals surface area contributed by atoms with Crippen LogP contribution in [-0.2, 0) is 21.4 Å². The fraction of sp³-hybridized carbons (Fsp3) is 0.500. The minimum absolute atomic E-state index is 0.0443. The molecule has 5 nitrogen and oxygen atoms in total. The van der Waals surface area contributed by atoms with Gasteiger partial charge in [-0.25, -0.2) is 17.5 Å². The molecule has 1 aromatic carbocycles. The number of rotatable bonds is 8. The van der Waals surface area contributed by atoms with E-state index in [1.807, 2.05) is 6.92 Å². The molecule has 0 spiro atoms. The van der Waals surface area contributed by atoms with Crippen LogP contribution in [0.3, 0.4) is 0 Å². The fourth-order valence-corrected chi connectivity index (χ4v) is 2.57. The van der Waals surface area contributed by atoms with Crippen molar-refractivity contribution in [3.63, 3.8) is 0 Å². The standard InChI is InChI=1S/C12H18FNO4S/c1-2-18-7-3-6-14-19(16,17)11-4-5-12(13)10(8-11)9-15/h4-5,8,14-15H,2-3,6-7,9H2,1H3. The number of hydrogen-bond donors (Lipinski definition) is 2. The highest BCUT2D eigenvalue weighted by Gasteiger charge is 2.15. The average Bonchev–Trinajstić information content (AvgIpc) is 2.38. The third kappa shape index (κ3) is 4.87. The molecule has 0 saturated heterocycles. The third-order valence-corrected chi connectivity index (χ3v) is 3.92. The minimum atomic E-state index is -3.68. The lowest BCUT2D eigenvalue weighted by atomic mass is 10.2. The van der Waals surface area contributed by atoms with E-state index in [0.717, 1.165) is 12.1 Å². The molecule has 7 heteroatoms. The highest BCUT2D eigenvalue weighted by molar-refractivity contribution is 7.89. The zero-order valence-corrected chi connectivity index (χ0v) is 11.5. The Morgan fingerprint density at radius 3 is 2.79 bits per heavy atom. The number of ether oxygens (including phenoxy) is 1. The van der Waals surface area contributed by atoms with Crippen molar-refractivity contribution in [3.8, 4) is 0 Å². The first-order valence-electron chi connectivity index (χ1n) is 5.98. The van der Waals surface area contributed by atoms with E-state index >= 15 is 0 Å². The first-order chi connectivity index (χ1) is 9.01. The molecule has 108 valence electrons. The Morgan fingerprint density at radius 2 is 2.16 bits per heavy atom. The number of aliphatic hydroxyl groups is 1. The number of sulfonamides is 1. The molecule has 0 aliphatic rings. The van der Waals surface area contributed by atoms with Crippen LogP contribution in [0.4, 0.5) is 4.39 Å². The van der Waals surface area contributed by atoms with Gasteiger partial charge in [0.15, 0.2) is 0 Å². The number of benzene rings is 1. The van der Waals surface area contributed by atoms with Gasteiger partial charge in [0.25, 0.3) is 0 Å². The Hall–Kier alpha value is -1.02. The van der Waals surface area contributed by atoms with Gasteiger partial charge < -0.3 is 9.84 Å².